The van der Waals surface area contributed by atoms with Crippen molar-refractivity contribution >= 4 is 17.7 Å². The second-order valence-corrected chi connectivity index (χ2v) is 8.35. The van der Waals surface area contributed by atoms with E-state index in [1.165, 1.54) is 11.8 Å². The standard InChI is InChI=1S/C23H27N3O3S/c1-14(2)28-19-9-6-8-18(12-19)15(3)25-22(27)20-10-7-11-24-23(20)30-13-21-16(4)26-29-17(21)5/h6-12,14-15H,13H2,1-5H3,(H,25,27)/t15-/m1/s1. The van der Waals surface area contributed by atoms with Crippen LogP contribution in [0, 0.1) is 13.8 Å². The number of carbonyl (C=O) groups is 1. The molecule has 2 aromatic heterocycles. The van der Waals surface area contributed by atoms with Crippen LogP contribution in [0.5, 0.6) is 5.75 Å². The molecule has 2 heterocycles. The van der Waals surface area contributed by atoms with E-state index in [0.29, 0.717) is 16.3 Å². The van der Waals surface area contributed by atoms with Crippen molar-refractivity contribution < 1.29 is 14.1 Å². The first-order valence-corrected chi connectivity index (χ1v) is 10.9. The maximum atomic E-state index is 13.0. The van der Waals surface area contributed by atoms with E-state index in [0.717, 1.165) is 28.3 Å². The van der Waals surface area contributed by atoms with Crippen LogP contribution in [-0.4, -0.2) is 22.2 Å². The molecule has 6 nitrogen and oxygen atoms in total. The van der Waals surface area contributed by atoms with Gasteiger partial charge in [0.15, 0.2) is 0 Å². The highest BCUT2D eigenvalue weighted by Crippen LogP contribution is 2.28. The first-order valence-electron chi connectivity index (χ1n) is 9.92. The summed E-state index contributed by atoms with van der Waals surface area (Å²) in [5.74, 6) is 2.06. The largest absolute Gasteiger partial charge is 0.491 e. The third kappa shape index (κ3) is 5.42. The Hall–Kier alpha value is -2.80. The van der Waals surface area contributed by atoms with Crippen molar-refractivity contribution in [2.45, 2.75) is 57.5 Å². The summed E-state index contributed by atoms with van der Waals surface area (Å²) < 4.78 is 11.0. The summed E-state index contributed by atoms with van der Waals surface area (Å²) in [5.41, 5.74) is 3.43. The predicted octanol–water partition coefficient (Wildman–Crippen LogP) is 5.26. The summed E-state index contributed by atoms with van der Waals surface area (Å²) in [6.45, 7) is 9.74. The molecule has 0 saturated heterocycles. The van der Waals surface area contributed by atoms with Crippen molar-refractivity contribution in [2.75, 3.05) is 0 Å². The number of rotatable bonds is 8. The molecule has 0 radical (unpaired) electrons. The van der Waals surface area contributed by atoms with Crippen LogP contribution in [0.1, 0.15) is 59.8 Å². The van der Waals surface area contributed by atoms with E-state index < -0.39 is 0 Å². The summed E-state index contributed by atoms with van der Waals surface area (Å²) in [4.78, 5) is 17.4. The minimum atomic E-state index is -0.172. The molecule has 3 rings (SSSR count). The zero-order valence-corrected chi connectivity index (χ0v) is 18.7. The second-order valence-electron chi connectivity index (χ2n) is 7.38. The van der Waals surface area contributed by atoms with Gasteiger partial charge < -0.3 is 14.6 Å². The molecule has 0 aliphatic rings. The van der Waals surface area contributed by atoms with Crippen molar-refractivity contribution in [3.63, 3.8) is 0 Å². The lowest BCUT2D eigenvalue weighted by Gasteiger charge is -2.17. The van der Waals surface area contributed by atoms with Gasteiger partial charge >= 0.3 is 0 Å². The minimum Gasteiger partial charge on any atom is -0.491 e. The summed E-state index contributed by atoms with van der Waals surface area (Å²) >= 11 is 1.50. The third-order valence-electron chi connectivity index (χ3n) is 4.63. The van der Waals surface area contributed by atoms with Gasteiger partial charge in [0.1, 0.15) is 16.5 Å². The van der Waals surface area contributed by atoms with Crippen molar-refractivity contribution in [3.8, 4) is 5.75 Å². The Morgan fingerprint density at radius 1 is 1.20 bits per heavy atom. The van der Waals surface area contributed by atoms with Gasteiger partial charge in [-0.2, -0.15) is 0 Å². The van der Waals surface area contributed by atoms with Gasteiger partial charge in [-0.1, -0.05) is 17.3 Å². The molecule has 0 spiro atoms. The molecular formula is C23H27N3O3S. The van der Waals surface area contributed by atoms with Crippen LogP contribution >= 0.6 is 11.8 Å². The zero-order valence-electron chi connectivity index (χ0n) is 17.9. The number of aromatic nitrogens is 2. The lowest BCUT2D eigenvalue weighted by Crippen LogP contribution is -2.27. The van der Waals surface area contributed by atoms with Gasteiger partial charge in [-0.3, -0.25) is 4.79 Å². The van der Waals surface area contributed by atoms with Gasteiger partial charge in [-0.05, 0) is 64.4 Å². The van der Waals surface area contributed by atoms with E-state index in [1.54, 1.807) is 18.3 Å². The highest BCUT2D eigenvalue weighted by Gasteiger charge is 2.18. The SMILES string of the molecule is Cc1noc(C)c1CSc1ncccc1C(=O)N[C@H](C)c1cccc(OC(C)C)c1. The smallest absolute Gasteiger partial charge is 0.254 e. The normalized spacial score (nSPS) is 12.1. The first kappa shape index (κ1) is 21.9. The number of ether oxygens (including phenoxy) is 1. The van der Waals surface area contributed by atoms with Gasteiger partial charge in [0.2, 0.25) is 0 Å². The number of thioether (sulfide) groups is 1. The molecule has 0 saturated carbocycles. The minimum absolute atomic E-state index is 0.0952. The van der Waals surface area contributed by atoms with Gasteiger partial charge in [0.25, 0.3) is 5.91 Å². The monoisotopic (exact) mass is 425 g/mol. The molecule has 0 bridgehead atoms. The van der Waals surface area contributed by atoms with Gasteiger partial charge in [-0.25, -0.2) is 4.98 Å². The van der Waals surface area contributed by atoms with Crippen LogP contribution in [0.2, 0.25) is 0 Å². The van der Waals surface area contributed by atoms with E-state index in [-0.39, 0.29) is 18.1 Å². The van der Waals surface area contributed by atoms with Gasteiger partial charge in [-0.15, -0.1) is 11.8 Å². The average Bonchev–Trinajstić information content (AvgIpc) is 3.03. The molecule has 0 unspecified atom stereocenters. The number of amides is 1. The van der Waals surface area contributed by atoms with E-state index in [9.17, 15) is 4.79 Å². The van der Waals surface area contributed by atoms with Crippen molar-refractivity contribution in [1.82, 2.24) is 15.5 Å². The molecule has 0 aliphatic carbocycles. The van der Waals surface area contributed by atoms with Gasteiger partial charge in [0, 0.05) is 17.5 Å². The Morgan fingerprint density at radius 2 is 2.00 bits per heavy atom. The molecule has 0 fully saturated rings. The van der Waals surface area contributed by atoms with E-state index in [1.807, 2.05) is 58.9 Å². The molecule has 1 aromatic carbocycles. The molecule has 1 atom stereocenters. The van der Waals surface area contributed by atoms with Crippen LogP contribution in [-0.2, 0) is 5.75 Å². The Balaban J connectivity index is 1.71. The Bertz CT molecular complexity index is 997. The molecule has 7 heteroatoms. The summed E-state index contributed by atoms with van der Waals surface area (Å²) in [5, 5.41) is 7.74. The number of hydrogen-bond donors (Lipinski definition) is 1. The molecule has 158 valence electrons. The van der Waals surface area contributed by atoms with Crippen molar-refractivity contribution in [3.05, 3.63) is 70.7 Å². The highest BCUT2D eigenvalue weighted by atomic mass is 32.2. The Morgan fingerprint density at radius 3 is 2.70 bits per heavy atom. The molecular weight excluding hydrogens is 398 g/mol. The number of nitrogens with one attached hydrogen (secondary N) is 1. The number of hydrogen-bond acceptors (Lipinski definition) is 6. The number of aryl methyl sites for hydroxylation is 2. The topological polar surface area (TPSA) is 77.2 Å². The number of nitrogens with zero attached hydrogens (tertiary/aromatic N) is 2. The lowest BCUT2D eigenvalue weighted by atomic mass is 10.1. The van der Waals surface area contributed by atoms with Crippen LogP contribution < -0.4 is 10.1 Å². The maximum absolute atomic E-state index is 13.0. The third-order valence-corrected chi connectivity index (χ3v) is 5.66. The predicted molar refractivity (Wildman–Crippen MR) is 118 cm³/mol. The lowest BCUT2D eigenvalue weighted by molar-refractivity contribution is 0.0936. The number of benzene rings is 1. The summed E-state index contributed by atoms with van der Waals surface area (Å²) in [6, 6.07) is 11.2. The van der Waals surface area contributed by atoms with Crippen molar-refractivity contribution in [1.29, 1.82) is 0 Å². The molecule has 3 aromatic rings. The van der Waals surface area contributed by atoms with Crippen molar-refractivity contribution in [2.24, 2.45) is 0 Å². The van der Waals surface area contributed by atoms with Crippen LogP contribution in [0.25, 0.3) is 0 Å². The molecule has 1 amide bonds. The van der Waals surface area contributed by atoms with Gasteiger partial charge in [0.05, 0.1) is 23.4 Å². The number of carbonyl (C=O) groups excluding carboxylic acids is 1. The quantitative estimate of drug-likeness (QED) is 0.496. The molecule has 30 heavy (non-hydrogen) atoms. The fraction of sp³-hybridized carbons (Fsp3) is 0.348. The zero-order chi connectivity index (χ0) is 21.7. The molecule has 0 aliphatic heterocycles. The van der Waals surface area contributed by atoms with Crippen LogP contribution in [0.3, 0.4) is 0 Å². The van der Waals surface area contributed by atoms with Crippen LogP contribution in [0.4, 0.5) is 0 Å². The Labute approximate surface area is 181 Å². The fourth-order valence-electron chi connectivity index (χ4n) is 3.01. The van der Waals surface area contributed by atoms with Crippen LogP contribution in [0.15, 0.2) is 52.1 Å². The van der Waals surface area contributed by atoms with E-state index in [4.69, 9.17) is 9.26 Å². The summed E-state index contributed by atoms with van der Waals surface area (Å²) in [7, 11) is 0. The highest BCUT2D eigenvalue weighted by molar-refractivity contribution is 7.98. The molecule has 1 N–H and O–H groups in total. The maximum Gasteiger partial charge on any atom is 0.254 e. The second kappa shape index (κ2) is 9.80. The number of pyridine rings is 1. The first-order chi connectivity index (χ1) is 14.3. The average molecular weight is 426 g/mol. The Kier molecular flexibility index (Phi) is 7.15. The van der Waals surface area contributed by atoms with E-state index >= 15 is 0 Å². The summed E-state index contributed by atoms with van der Waals surface area (Å²) in [6.07, 6.45) is 1.79. The fourth-order valence-corrected chi connectivity index (χ4v) is 4.16. The van der Waals surface area contributed by atoms with E-state index in [2.05, 4.69) is 15.5 Å².